The van der Waals surface area contributed by atoms with E-state index < -0.39 is 17.6 Å². The molecule has 1 saturated heterocycles. The van der Waals surface area contributed by atoms with E-state index in [9.17, 15) is 19.6 Å². The molecule has 0 bridgehead atoms. The van der Waals surface area contributed by atoms with E-state index >= 15 is 0 Å². The van der Waals surface area contributed by atoms with Crippen molar-refractivity contribution < 1.29 is 33.8 Å². The molecular formula is C35H42N4O7. The maximum Gasteiger partial charge on any atom is 0.407 e. The Kier molecular flexibility index (Phi) is 11.0. The van der Waals surface area contributed by atoms with E-state index in [1.165, 1.54) is 0 Å². The van der Waals surface area contributed by atoms with E-state index in [0.717, 1.165) is 31.7 Å². The van der Waals surface area contributed by atoms with Gasteiger partial charge in [0.2, 0.25) is 5.91 Å². The Bertz CT molecular complexity index is 1540. The van der Waals surface area contributed by atoms with Gasteiger partial charge in [-0.1, -0.05) is 25.5 Å². The van der Waals surface area contributed by atoms with Gasteiger partial charge < -0.3 is 24.4 Å². The number of nitrogens with zero attached hydrogens (tertiary/aromatic N) is 2. The quantitative estimate of drug-likeness (QED) is 0.0989. The molecule has 1 fully saturated rings. The molecule has 4 rings (SSSR count). The molecule has 1 heterocycles. The molecule has 0 aliphatic carbocycles. The van der Waals surface area contributed by atoms with Gasteiger partial charge in [-0.05, 0) is 93.6 Å². The van der Waals surface area contributed by atoms with Gasteiger partial charge in [-0.25, -0.2) is 4.79 Å². The second kappa shape index (κ2) is 14.9. The van der Waals surface area contributed by atoms with Gasteiger partial charge in [-0.3, -0.25) is 20.2 Å². The van der Waals surface area contributed by atoms with Crippen molar-refractivity contribution in [1.82, 2.24) is 15.3 Å². The molecule has 0 unspecified atom stereocenters. The molecule has 46 heavy (non-hydrogen) atoms. The maximum atomic E-state index is 13.6. The van der Waals surface area contributed by atoms with Crippen LogP contribution in [0.1, 0.15) is 75.4 Å². The van der Waals surface area contributed by atoms with Gasteiger partial charge in [0.1, 0.15) is 28.6 Å². The molecule has 0 radical (unpaired) electrons. The van der Waals surface area contributed by atoms with Gasteiger partial charge in [0.25, 0.3) is 5.91 Å². The first kappa shape index (κ1) is 34.0. The number of carbonyl (C=O) groups excluding carboxylic acids is 3. The zero-order valence-electron chi connectivity index (χ0n) is 27.0. The zero-order chi connectivity index (χ0) is 33.4. The van der Waals surface area contributed by atoms with Crippen LogP contribution >= 0.6 is 0 Å². The molecule has 244 valence electrons. The molecule has 3 amide bonds. The van der Waals surface area contributed by atoms with Crippen LogP contribution in [-0.2, 0) is 16.1 Å². The molecule has 1 aliphatic rings. The molecule has 0 spiro atoms. The minimum absolute atomic E-state index is 0.107. The molecule has 3 aromatic rings. The van der Waals surface area contributed by atoms with E-state index in [1.807, 2.05) is 17.0 Å². The molecule has 11 nitrogen and oxygen atoms in total. The van der Waals surface area contributed by atoms with Crippen LogP contribution in [-0.4, -0.2) is 57.6 Å². The van der Waals surface area contributed by atoms with Gasteiger partial charge in [0, 0.05) is 43.8 Å². The van der Waals surface area contributed by atoms with Crippen LogP contribution in [0, 0.1) is 11.3 Å². The Balaban J connectivity index is 1.52. The standard InChI is InChI=1S/C35H42N4O7/c1-6-24-15-17-38(18-16-24)33(41)27-19-30(44-28-11-7-25(8-12-28)22-37-34(42)46-35(3,4)5)21-31(20-27)45-29-13-9-26(10-14-29)32(36)39(43)23(2)40/h7-14,19-21,24,36,43H,6,15-18,22H2,1-5H3,(H,37,42). The Labute approximate surface area is 269 Å². The third-order valence-corrected chi connectivity index (χ3v) is 7.47. The molecule has 0 saturated carbocycles. The molecular weight excluding hydrogens is 588 g/mol. The number of hydrogen-bond donors (Lipinski definition) is 3. The average molecular weight is 631 g/mol. The molecule has 0 atom stereocenters. The summed E-state index contributed by atoms with van der Waals surface area (Å²) in [5, 5.41) is 20.8. The number of carbonyl (C=O) groups is 3. The molecule has 3 N–H and O–H groups in total. The number of hydroxylamine groups is 2. The Morgan fingerprint density at radius 1 is 0.891 bits per heavy atom. The predicted molar refractivity (Wildman–Crippen MR) is 173 cm³/mol. The van der Waals surface area contributed by atoms with Crippen LogP contribution in [0.5, 0.6) is 23.0 Å². The van der Waals surface area contributed by atoms with Crippen LogP contribution in [0.25, 0.3) is 0 Å². The SMILES string of the molecule is CCC1CCN(C(=O)c2cc(Oc3ccc(CNC(=O)OC(C)(C)C)cc3)cc(Oc3ccc(C(=N)N(O)C(C)=O)cc3)c2)CC1. The fourth-order valence-electron chi connectivity index (χ4n) is 4.94. The summed E-state index contributed by atoms with van der Waals surface area (Å²) in [5.74, 6) is 1.21. The molecule has 1 aliphatic heterocycles. The highest BCUT2D eigenvalue weighted by atomic mass is 16.6. The topological polar surface area (TPSA) is 141 Å². The summed E-state index contributed by atoms with van der Waals surface area (Å²) in [4.78, 5) is 38.9. The normalized spacial score (nSPS) is 13.5. The van der Waals surface area contributed by atoms with Crippen molar-refractivity contribution in [3.63, 3.8) is 0 Å². The van der Waals surface area contributed by atoms with Crippen molar-refractivity contribution in [1.29, 1.82) is 5.41 Å². The fourth-order valence-corrected chi connectivity index (χ4v) is 4.94. The predicted octanol–water partition coefficient (Wildman–Crippen LogP) is 7.12. The summed E-state index contributed by atoms with van der Waals surface area (Å²) in [6.07, 6.45) is 2.53. The third-order valence-electron chi connectivity index (χ3n) is 7.47. The maximum absolute atomic E-state index is 13.6. The van der Waals surface area contributed by atoms with Crippen molar-refractivity contribution in [2.24, 2.45) is 5.92 Å². The summed E-state index contributed by atoms with van der Waals surface area (Å²) in [6.45, 7) is 10.4. The van der Waals surface area contributed by atoms with E-state index in [1.54, 1.807) is 75.4 Å². The highest BCUT2D eigenvalue weighted by molar-refractivity contribution is 6.04. The average Bonchev–Trinajstić information content (AvgIpc) is 3.03. The molecule has 0 aromatic heterocycles. The summed E-state index contributed by atoms with van der Waals surface area (Å²) >= 11 is 0. The number of piperidine rings is 1. The van der Waals surface area contributed by atoms with Crippen molar-refractivity contribution in [3.8, 4) is 23.0 Å². The van der Waals surface area contributed by atoms with Crippen molar-refractivity contribution in [3.05, 3.63) is 83.4 Å². The molecule has 3 aromatic carbocycles. The van der Waals surface area contributed by atoms with Crippen LogP contribution in [0.15, 0.2) is 66.7 Å². The highest BCUT2D eigenvalue weighted by Crippen LogP contribution is 2.32. The Hall–Kier alpha value is -4.90. The lowest BCUT2D eigenvalue weighted by atomic mass is 9.94. The molecule has 11 heteroatoms. The second-order valence-electron chi connectivity index (χ2n) is 12.2. The van der Waals surface area contributed by atoms with Gasteiger partial charge >= 0.3 is 6.09 Å². The highest BCUT2D eigenvalue weighted by Gasteiger charge is 2.24. The van der Waals surface area contributed by atoms with Gasteiger partial charge in [0.05, 0.1) is 0 Å². The van der Waals surface area contributed by atoms with Crippen molar-refractivity contribution in [2.45, 2.75) is 66.0 Å². The van der Waals surface area contributed by atoms with Gasteiger partial charge in [-0.15, -0.1) is 0 Å². The van der Waals surface area contributed by atoms with Crippen molar-refractivity contribution in [2.75, 3.05) is 13.1 Å². The van der Waals surface area contributed by atoms with E-state index in [-0.39, 0.29) is 23.4 Å². The van der Waals surface area contributed by atoms with E-state index in [0.29, 0.717) is 53.1 Å². The first-order chi connectivity index (χ1) is 21.8. The number of benzene rings is 3. The monoisotopic (exact) mass is 630 g/mol. The minimum Gasteiger partial charge on any atom is -0.457 e. The number of nitrogens with one attached hydrogen (secondary N) is 2. The first-order valence-electron chi connectivity index (χ1n) is 15.4. The number of alkyl carbamates (subject to hydrolysis) is 1. The summed E-state index contributed by atoms with van der Waals surface area (Å²) in [5.41, 5.74) is 1.01. The van der Waals surface area contributed by atoms with Gasteiger partial charge in [-0.2, -0.15) is 5.06 Å². The lowest BCUT2D eigenvalue weighted by Gasteiger charge is -2.31. The minimum atomic E-state index is -0.676. The van der Waals surface area contributed by atoms with Gasteiger partial charge in [0.15, 0.2) is 5.84 Å². The number of amides is 3. The smallest absolute Gasteiger partial charge is 0.407 e. The van der Waals surface area contributed by atoms with Crippen LogP contribution in [0.4, 0.5) is 4.79 Å². The summed E-state index contributed by atoms with van der Waals surface area (Å²) < 4.78 is 17.5. The number of likely N-dealkylation sites (tertiary alicyclic amines) is 1. The summed E-state index contributed by atoms with van der Waals surface area (Å²) in [7, 11) is 0. The third kappa shape index (κ3) is 9.55. The van der Waals surface area contributed by atoms with Crippen molar-refractivity contribution >= 4 is 23.7 Å². The van der Waals surface area contributed by atoms with Crippen LogP contribution in [0.2, 0.25) is 0 Å². The number of ether oxygens (including phenoxy) is 3. The first-order valence-corrected chi connectivity index (χ1v) is 15.4. The Morgan fingerprint density at radius 3 is 1.93 bits per heavy atom. The number of amidine groups is 1. The lowest BCUT2D eigenvalue weighted by molar-refractivity contribution is -0.146. The van der Waals surface area contributed by atoms with E-state index in [2.05, 4.69) is 12.2 Å². The van der Waals surface area contributed by atoms with Crippen LogP contribution in [0.3, 0.4) is 0 Å². The largest absolute Gasteiger partial charge is 0.457 e. The Morgan fingerprint density at radius 2 is 1.43 bits per heavy atom. The zero-order valence-corrected chi connectivity index (χ0v) is 27.0. The summed E-state index contributed by atoms with van der Waals surface area (Å²) in [6, 6.07) is 18.6. The number of rotatable bonds is 9. The van der Waals surface area contributed by atoms with Crippen LogP contribution < -0.4 is 14.8 Å². The lowest BCUT2D eigenvalue weighted by Crippen LogP contribution is -2.38. The number of hydrogen-bond acceptors (Lipinski definition) is 8. The fraction of sp³-hybridized carbons (Fsp3) is 0.371. The second-order valence-corrected chi connectivity index (χ2v) is 12.2. The van der Waals surface area contributed by atoms with E-state index in [4.69, 9.17) is 19.6 Å².